The molecule has 1 unspecified atom stereocenters. The molecule has 162 valence electrons. The number of fused-ring (bicyclic) bond motifs is 1. The van der Waals surface area contributed by atoms with E-state index in [9.17, 15) is 18.8 Å². The summed E-state index contributed by atoms with van der Waals surface area (Å²) in [6, 6.07) is 5.17. The molecule has 0 aliphatic carbocycles. The van der Waals surface area contributed by atoms with Gasteiger partial charge < -0.3 is 5.32 Å². The molecule has 0 aliphatic heterocycles. The van der Waals surface area contributed by atoms with Gasteiger partial charge in [0.2, 0.25) is 0 Å². The predicted octanol–water partition coefficient (Wildman–Crippen LogP) is 4.89. The van der Waals surface area contributed by atoms with E-state index < -0.39 is 23.6 Å². The van der Waals surface area contributed by atoms with Crippen LogP contribution in [0.5, 0.6) is 0 Å². The van der Waals surface area contributed by atoms with Gasteiger partial charge in [0.1, 0.15) is 17.7 Å². The van der Waals surface area contributed by atoms with Crippen LogP contribution in [0.25, 0.3) is 11.0 Å². The normalized spacial score (nSPS) is 12.8. The van der Waals surface area contributed by atoms with Crippen LogP contribution in [0.4, 0.5) is 8.78 Å². The second-order valence-corrected chi connectivity index (χ2v) is 8.82. The Kier molecular flexibility index (Phi) is 5.81. The number of aryl methyl sites for hydroxylation is 1. The van der Waals surface area contributed by atoms with Crippen molar-refractivity contribution in [1.29, 1.82) is 5.26 Å². The van der Waals surface area contributed by atoms with E-state index in [1.165, 1.54) is 0 Å². The van der Waals surface area contributed by atoms with Gasteiger partial charge in [0.05, 0.1) is 28.3 Å². The fourth-order valence-electron chi connectivity index (χ4n) is 3.37. The molecule has 0 bridgehead atoms. The van der Waals surface area contributed by atoms with Crippen LogP contribution in [0, 0.1) is 29.9 Å². The van der Waals surface area contributed by atoms with Gasteiger partial charge in [-0.2, -0.15) is 10.4 Å². The highest BCUT2D eigenvalue weighted by molar-refractivity contribution is 6.06. The number of aromatic nitrogens is 3. The first-order valence-corrected chi connectivity index (χ1v) is 10.00. The van der Waals surface area contributed by atoms with Crippen molar-refractivity contribution in [2.75, 3.05) is 0 Å². The molecule has 2 aromatic heterocycles. The van der Waals surface area contributed by atoms with Gasteiger partial charge in [-0.15, -0.1) is 0 Å². The minimum Gasteiger partial charge on any atom is -0.332 e. The number of hydrogen-bond donors (Lipinski definition) is 1. The number of hydrogen-bond acceptors (Lipinski definition) is 4. The van der Waals surface area contributed by atoms with Crippen LogP contribution in [-0.2, 0) is 5.54 Å². The highest BCUT2D eigenvalue weighted by Crippen LogP contribution is 2.29. The first-order valence-electron chi connectivity index (χ1n) is 10.00. The molecule has 0 spiro atoms. The van der Waals surface area contributed by atoms with Gasteiger partial charge >= 0.3 is 0 Å². The van der Waals surface area contributed by atoms with Crippen molar-refractivity contribution in [3.8, 4) is 6.07 Å². The summed E-state index contributed by atoms with van der Waals surface area (Å²) in [4.78, 5) is 18.0. The zero-order valence-corrected chi connectivity index (χ0v) is 18.4. The monoisotopic (exact) mass is 425 g/mol. The number of rotatable bonds is 4. The van der Waals surface area contributed by atoms with Gasteiger partial charge in [-0.3, -0.25) is 4.79 Å². The Morgan fingerprint density at radius 1 is 1.23 bits per heavy atom. The maximum absolute atomic E-state index is 14.2. The lowest BCUT2D eigenvalue weighted by atomic mass is 10.0. The van der Waals surface area contributed by atoms with Gasteiger partial charge in [0, 0.05) is 17.3 Å². The molecule has 0 saturated carbocycles. The van der Waals surface area contributed by atoms with E-state index in [1.807, 2.05) is 40.7 Å². The molecule has 3 rings (SSSR count). The van der Waals surface area contributed by atoms with Crippen molar-refractivity contribution in [3.63, 3.8) is 0 Å². The molecule has 31 heavy (non-hydrogen) atoms. The third kappa shape index (κ3) is 4.26. The molecular weight excluding hydrogens is 400 g/mol. The molecule has 0 saturated heterocycles. The van der Waals surface area contributed by atoms with E-state index in [-0.39, 0.29) is 17.0 Å². The molecular formula is C23H25F2N5O. The molecule has 2 heterocycles. The number of nitrogens with one attached hydrogen (secondary N) is 1. The maximum atomic E-state index is 14.2. The van der Waals surface area contributed by atoms with E-state index in [0.717, 1.165) is 12.1 Å². The number of pyridine rings is 1. The van der Waals surface area contributed by atoms with E-state index in [1.54, 1.807) is 17.7 Å². The number of nitriles is 1. The van der Waals surface area contributed by atoms with Crippen molar-refractivity contribution in [3.05, 3.63) is 58.4 Å². The number of nitrogens with zero attached hydrogens (tertiary/aromatic N) is 4. The van der Waals surface area contributed by atoms with Crippen molar-refractivity contribution < 1.29 is 13.6 Å². The second kappa shape index (κ2) is 8.06. The molecule has 3 aromatic rings. The van der Waals surface area contributed by atoms with Crippen LogP contribution in [0.1, 0.15) is 73.9 Å². The number of carbonyl (C=O) groups is 1. The minimum absolute atomic E-state index is 0.0425. The van der Waals surface area contributed by atoms with E-state index in [4.69, 9.17) is 4.98 Å². The fraction of sp³-hybridized carbons (Fsp3) is 0.391. The Hall–Kier alpha value is -3.34. The van der Waals surface area contributed by atoms with Crippen LogP contribution in [0.3, 0.4) is 0 Å². The Morgan fingerprint density at radius 2 is 1.90 bits per heavy atom. The van der Waals surface area contributed by atoms with E-state index >= 15 is 0 Å². The maximum Gasteiger partial charge on any atom is 0.253 e. The van der Waals surface area contributed by atoms with Crippen LogP contribution in [-0.4, -0.2) is 20.7 Å². The SMILES string of the molecule is Cc1nn(C(C)(C)C)c2nc(C(C)C)cc(C(=O)NC(C#N)c3ccc(F)cc3F)c12. The Bertz CT molecular complexity index is 1200. The first-order chi connectivity index (χ1) is 14.4. The van der Waals surface area contributed by atoms with Crippen LogP contribution in [0.15, 0.2) is 24.3 Å². The highest BCUT2D eigenvalue weighted by Gasteiger charge is 2.27. The summed E-state index contributed by atoms with van der Waals surface area (Å²) in [5.41, 5.74) is 1.74. The number of amides is 1. The van der Waals surface area contributed by atoms with Gasteiger partial charge in [-0.05, 0) is 45.7 Å². The molecule has 8 heteroatoms. The lowest BCUT2D eigenvalue weighted by molar-refractivity contribution is 0.0946. The predicted molar refractivity (Wildman–Crippen MR) is 114 cm³/mol. The first kappa shape index (κ1) is 22.3. The standard InChI is InChI=1S/C23H25F2N5O/c1-12(2)18-10-16(20-13(3)29-30(21(20)27-18)23(4,5)6)22(31)28-19(11-26)15-8-7-14(24)9-17(15)25/h7-10,12,19H,1-6H3,(H,28,31). The summed E-state index contributed by atoms with van der Waals surface area (Å²) < 4.78 is 29.2. The molecule has 1 aromatic carbocycles. The molecule has 1 N–H and O–H groups in total. The largest absolute Gasteiger partial charge is 0.332 e. The number of benzene rings is 1. The Labute approximate surface area is 179 Å². The Balaban J connectivity index is 2.13. The van der Waals surface area contributed by atoms with Crippen molar-refractivity contribution >= 4 is 16.9 Å². The van der Waals surface area contributed by atoms with Crippen molar-refractivity contribution in [1.82, 2.24) is 20.1 Å². The lowest BCUT2D eigenvalue weighted by Gasteiger charge is -2.20. The van der Waals surface area contributed by atoms with Gasteiger partial charge in [0.25, 0.3) is 5.91 Å². The summed E-state index contributed by atoms with van der Waals surface area (Å²) in [5.74, 6) is -2.17. The summed E-state index contributed by atoms with van der Waals surface area (Å²) in [6.45, 7) is 11.7. The van der Waals surface area contributed by atoms with E-state index in [2.05, 4.69) is 10.4 Å². The van der Waals surface area contributed by atoms with Crippen molar-refractivity contribution in [2.45, 2.75) is 59.0 Å². The molecule has 1 amide bonds. The molecule has 0 aliphatic rings. The summed E-state index contributed by atoms with van der Waals surface area (Å²) in [6.07, 6.45) is 0. The number of halogens is 2. The summed E-state index contributed by atoms with van der Waals surface area (Å²) in [7, 11) is 0. The Morgan fingerprint density at radius 3 is 2.45 bits per heavy atom. The molecule has 6 nitrogen and oxygen atoms in total. The zero-order chi connectivity index (χ0) is 23.1. The average Bonchev–Trinajstić information content (AvgIpc) is 3.03. The highest BCUT2D eigenvalue weighted by atomic mass is 19.1. The van der Waals surface area contributed by atoms with Crippen LogP contribution < -0.4 is 5.32 Å². The van der Waals surface area contributed by atoms with Crippen molar-refractivity contribution in [2.24, 2.45) is 0 Å². The second-order valence-electron chi connectivity index (χ2n) is 8.82. The molecule has 1 atom stereocenters. The lowest BCUT2D eigenvalue weighted by Crippen LogP contribution is -2.29. The number of carbonyl (C=O) groups excluding carboxylic acids is 1. The quantitative estimate of drug-likeness (QED) is 0.645. The molecule has 0 fully saturated rings. The fourth-order valence-corrected chi connectivity index (χ4v) is 3.37. The van der Waals surface area contributed by atoms with Gasteiger partial charge in [-0.25, -0.2) is 18.4 Å². The summed E-state index contributed by atoms with van der Waals surface area (Å²) in [5, 5.41) is 17.3. The van der Waals surface area contributed by atoms with Crippen LogP contribution in [0.2, 0.25) is 0 Å². The molecule has 0 radical (unpaired) electrons. The topological polar surface area (TPSA) is 83.6 Å². The van der Waals surface area contributed by atoms with E-state index in [0.29, 0.717) is 34.1 Å². The minimum atomic E-state index is -1.28. The zero-order valence-electron chi connectivity index (χ0n) is 18.4. The van der Waals surface area contributed by atoms with Crippen LogP contribution >= 0.6 is 0 Å². The average molecular weight is 425 g/mol. The smallest absolute Gasteiger partial charge is 0.253 e. The summed E-state index contributed by atoms with van der Waals surface area (Å²) >= 11 is 0. The van der Waals surface area contributed by atoms with Gasteiger partial charge in [0.15, 0.2) is 5.65 Å². The van der Waals surface area contributed by atoms with Gasteiger partial charge in [-0.1, -0.05) is 19.9 Å². The third-order valence-corrected chi connectivity index (χ3v) is 4.98. The third-order valence-electron chi connectivity index (χ3n) is 4.98.